The van der Waals surface area contributed by atoms with E-state index in [-0.39, 0.29) is 11.9 Å². The molecule has 204 valence electrons. The Bertz CT molecular complexity index is 1720. The first-order valence-electron chi connectivity index (χ1n) is 13.4. The minimum Gasteiger partial charge on any atom is -0.389 e. The number of pyridine rings is 2. The van der Waals surface area contributed by atoms with E-state index in [1.54, 1.807) is 38.1 Å². The number of carbonyl (C=O) groups excluding carboxylic acids is 1. The van der Waals surface area contributed by atoms with E-state index in [0.29, 0.717) is 30.2 Å². The van der Waals surface area contributed by atoms with E-state index < -0.39 is 5.60 Å². The van der Waals surface area contributed by atoms with Gasteiger partial charge in [-0.3, -0.25) is 14.5 Å². The summed E-state index contributed by atoms with van der Waals surface area (Å²) in [7, 11) is 0. The largest absolute Gasteiger partial charge is 0.389 e. The number of nitrogens with zero attached hydrogens (tertiary/aromatic N) is 5. The first kappa shape index (κ1) is 26.2. The molecule has 2 aromatic carbocycles. The number of halogens is 1. The van der Waals surface area contributed by atoms with E-state index in [1.165, 1.54) is 0 Å². The van der Waals surface area contributed by atoms with Gasteiger partial charge in [0.15, 0.2) is 0 Å². The fraction of sp³-hybridized carbons (Fsp3) is 0.290. The topological polar surface area (TPSA) is 96.2 Å². The molecule has 40 heavy (non-hydrogen) atoms. The number of hydrogen-bond acceptors (Lipinski definition) is 6. The molecule has 0 spiro atoms. The highest BCUT2D eigenvalue weighted by molar-refractivity contribution is 6.30. The number of aliphatic hydroxyl groups is 1. The summed E-state index contributed by atoms with van der Waals surface area (Å²) in [6.45, 7) is 7.33. The second-order valence-corrected chi connectivity index (χ2v) is 11.6. The van der Waals surface area contributed by atoms with E-state index in [1.807, 2.05) is 46.4 Å². The second kappa shape index (κ2) is 10.2. The number of aromatic nitrogens is 4. The molecule has 1 aliphatic rings. The van der Waals surface area contributed by atoms with Gasteiger partial charge in [-0.1, -0.05) is 17.7 Å². The van der Waals surface area contributed by atoms with Crippen LogP contribution >= 0.6 is 11.6 Å². The van der Waals surface area contributed by atoms with Crippen LogP contribution in [0.1, 0.15) is 36.2 Å². The molecule has 9 heteroatoms. The number of aryl methyl sites for hydroxylation is 1. The van der Waals surface area contributed by atoms with Gasteiger partial charge in [-0.2, -0.15) is 5.10 Å². The average molecular weight is 555 g/mol. The van der Waals surface area contributed by atoms with Crippen LogP contribution in [0.25, 0.3) is 32.9 Å². The highest BCUT2D eigenvalue weighted by atomic mass is 35.5. The molecule has 1 unspecified atom stereocenters. The molecular weight excluding hydrogens is 524 g/mol. The van der Waals surface area contributed by atoms with Crippen LogP contribution in [-0.4, -0.2) is 60.4 Å². The fourth-order valence-corrected chi connectivity index (χ4v) is 5.57. The van der Waals surface area contributed by atoms with Gasteiger partial charge in [0.2, 0.25) is 0 Å². The predicted molar refractivity (Wildman–Crippen MR) is 159 cm³/mol. The summed E-state index contributed by atoms with van der Waals surface area (Å²) in [5.41, 5.74) is 3.74. The van der Waals surface area contributed by atoms with Crippen molar-refractivity contribution >= 4 is 45.0 Å². The third-order valence-corrected chi connectivity index (χ3v) is 7.71. The molecule has 1 amide bonds. The molecule has 1 atom stereocenters. The Morgan fingerprint density at radius 2 is 1.90 bits per heavy atom. The minimum absolute atomic E-state index is 0.00988. The van der Waals surface area contributed by atoms with Gasteiger partial charge in [-0.15, -0.1) is 0 Å². The van der Waals surface area contributed by atoms with Crippen LogP contribution in [0.5, 0.6) is 0 Å². The highest BCUT2D eigenvalue weighted by Crippen LogP contribution is 2.34. The maximum Gasteiger partial charge on any atom is 0.253 e. The van der Waals surface area contributed by atoms with Crippen molar-refractivity contribution in [1.82, 2.24) is 24.6 Å². The zero-order valence-electron chi connectivity index (χ0n) is 22.7. The average Bonchev–Trinajstić information content (AvgIpc) is 3.55. The van der Waals surface area contributed by atoms with Crippen LogP contribution < -0.4 is 5.32 Å². The van der Waals surface area contributed by atoms with Gasteiger partial charge < -0.3 is 15.3 Å². The van der Waals surface area contributed by atoms with E-state index in [2.05, 4.69) is 28.4 Å². The van der Waals surface area contributed by atoms with Crippen LogP contribution in [0, 0.1) is 6.92 Å². The number of hydrogen-bond donors (Lipinski definition) is 2. The predicted octanol–water partition coefficient (Wildman–Crippen LogP) is 5.71. The van der Waals surface area contributed by atoms with Crippen molar-refractivity contribution < 1.29 is 9.90 Å². The van der Waals surface area contributed by atoms with Gasteiger partial charge >= 0.3 is 0 Å². The Morgan fingerprint density at radius 1 is 1.10 bits per heavy atom. The lowest BCUT2D eigenvalue weighted by atomic mass is 9.98. The monoisotopic (exact) mass is 554 g/mol. The molecule has 1 aliphatic heterocycles. The zero-order chi connectivity index (χ0) is 28.0. The normalized spacial score (nSPS) is 15.7. The minimum atomic E-state index is -0.863. The smallest absolute Gasteiger partial charge is 0.253 e. The second-order valence-electron chi connectivity index (χ2n) is 11.1. The third kappa shape index (κ3) is 5.12. The zero-order valence-corrected chi connectivity index (χ0v) is 23.5. The summed E-state index contributed by atoms with van der Waals surface area (Å²) in [5.74, 6) is 0.764. The van der Waals surface area contributed by atoms with Crippen molar-refractivity contribution in [1.29, 1.82) is 0 Å². The lowest BCUT2D eigenvalue weighted by molar-refractivity contribution is 0.0591. The number of anilines is 1. The summed E-state index contributed by atoms with van der Waals surface area (Å²) in [5, 5.41) is 22.0. The van der Waals surface area contributed by atoms with Crippen molar-refractivity contribution in [2.75, 3.05) is 18.4 Å². The number of fused-ring (bicyclic) bond motifs is 2. The van der Waals surface area contributed by atoms with Gasteiger partial charge in [0.25, 0.3) is 5.91 Å². The van der Waals surface area contributed by atoms with E-state index >= 15 is 0 Å². The number of benzene rings is 2. The molecule has 0 aliphatic carbocycles. The SMILES string of the molecule is Cc1c(-c2nccc3cnc(NC4CCN(C(=O)c5ccc(Cl)cc5)C4)cc23)ccc2c1cnn2CC(C)(C)O. The van der Waals surface area contributed by atoms with Crippen LogP contribution in [-0.2, 0) is 6.54 Å². The molecule has 2 N–H and O–H groups in total. The van der Waals surface area contributed by atoms with Crippen molar-refractivity contribution in [2.24, 2.45) is 0 Å². The van der Waals surface area contributed by atoms with Crippen LogP contribution in [0.15, 0.2) is 67.1 Å². The number of likely N-dealkylation sites (tertiary alicyclic amines) is 1. The van der Waals surface area contributed by atoms with Crippen molar-refractivity contribution in [3.05, 3.63) is 83.3 Å². The Labute approximate surface area is 237 Å². The lowest BCUT2D eigenvalue weighted by Crippen LogP contribution is -2.31. The standard InChI is InChI=1S/C31H31ClN6O2/c1-19-24(8-9-27-26(19)16-35-38(27)18-31(2,3)40)29-25-14-28(34-15-21(25)10-12-33-29)36-23-11-13-37(17-23)30(39)20-4-6-22(32)7-5-20/h4-10,12,14-16,23,40H,11,13,17-18H2,1-3H3,(H,34,36). The molecule has 0 radical (unpaired) electrons. The number of nitrogens with one attached hydrogen (secondary N) is 1. The number of rotatable bonds is 6. The van der Waals surface area contributed by atoms with Crippen LogP contribution in [0.4, 0.5) is 5.82 Å². The van der Waals surface area contributed by atoms with E-state index in [9.17, 15) is 9.90 Å². The van der Waals surface area contributed by atoms with Crippen LogP contribution in [0.3, 0.4) is 0 Å². The molecule has 0 saturated carbocycles. The van der Waals surface area contributed by atoms with Crippen molar-refractivity contribution in [3.63, 3.8) is 0 Å². The number of carbonyl (C=O) groups is 1. The lowest BCUT2D eigenvalue weighted by Gasteiger charge is -2.18. The Balaban J connectivity index is 1.26. The molecular formula is C31H31ClN6O2. The molecule has 6 rings (SSSR count). The van der Waals surface area contributed by atoms with Gasteiger partial charge in [0.1, 0.15) is 5.82 Å². The summed E-state index contributed by atoms with van der Waals surface area (Å²) in [6, 6.07) is 15.2. The Kier molecular flexibility index (Phi) is 6.68. The maximum absolute atomic E-state index is 12.9. The Hall–Kier alpha value is -4.01. The van der Waals surface area contributed by atoms with Gasteiger partial charge in [0.05, 0.1) is 29.6 Å². The highest BCUT2D eigenvalue weighted by Gasteiger charge is 2.27. The molecule has 1 fully saturated rings. The van der Waals surface area contributed by atoms with Gasteiger partial charge in [0, 0.05) is 63.8 Å². The molecule has 4 heterocycles. The first-order chi connectivity index (χ1) is 19.2. The molecule has 8 nitrogen and oxygen atoms in total. The summed E-state index contributed by atoms with van der Waals surface area (Å²) < 4.78 is 1.84. The summed E-state index contributed by atoms with van der Waals surface area (Å²) in [4.78, 5) is 24.2. The first-order valence-corrected chi connectivity index (χ1v) is 13.8. The quantitative estimate of drug-likeness (QED) is 0.279. The summed E-state index contributed by atoms with van der Waals surface area (Å²) >= 11 is 5.98. The third-order valence-electron chi connectivity index (χ3n) is 7.45. The fourth-order valence-electron chi connectivity index (χ4n) is 5.45. The van der Waals surface area contributed by atoms with Crippen LogP contribution in [0.2, 0.25) is 5.02 Å². The molecule has 0 bridgehead atoms. The molecule has 5 aromatic rings. The van der Waals surface area contributed by atoms with E-state index in [4.69, 9.17) is 16.6 Å². The maximum atomic E-state index is 12.9. The summed E-state index contributed by atoms with van der Waals surface area (Å²) in [6.07, 6.45) is 6.37. The van der Waals surface area contributed by atoms with E-state index in [0.717, 1.165) is 50.7 Å². The van der Waals surface area contributed by atoms with Crippen molar-refractivity contribution in [2.45, 2.75) is 45.4 Å². The Morgan fingerprint density at radius 3 is 2.67 bits per heavy atom. The van der Waals surface area contributed by atoms with Crippen molar-refractivity contribution in [3.8, 4) is 11.3 Å². The number of amides is 1. The van der Waals surface area contributed by atoms with Gasteiger partial charge in [-0.05, 0) is 75.2 Å². The van der Waals surface area contributed by atoms with Gasteiger partial charge in [-0.25, -0.2) is 4.98 Å². The molecule has 3 aromatic heterocycles. The molecule has 1 saturated heterocycles.